The van der Waals surface area contributed by atoms with Crippen molar-refractivity contribution in [3.8, 4) is 28.7 Å². The summed E-state index contributed by atoms with van der Waals surface area (Å²) in [5.74, 6) is 0.236. The summed E-state index contributed by atoms with van der Waals surface area (Å²) in [5.41, 5.74) is 7.56. The number of nitriles is 1. The van der Waals surface area contributed by atoms with Crippen molar-refractivity contribution in [3.63, 3.8) is 0 Å². The second kappa shape index (κ2) is 7.78. The van der Waals surface area contributed by atoms with E-state index < -0.39 is 0 Å². The fourth-order valence-corrected chi connectivity index (χ4v) is 4.06. The second-order valence-corrected chi connectivity index (χ2v) is 8.14. The predicted octanol–water partition coefficient (Wildman–Crippen LogP) is 5.58. The molecular formula is C26H22N6. The minimum atomic E-state index is 0.236. The van der Waals surface area contributed by atoms with Crippen molar-refractivity contribution in [1.82, 2.24) is 24.3 Å². The lowest BCUT2D eigenvalue weighted by molar-refractivity contribution is 0.776. The first-order valence-electron chi connectivity index (χ1n) is 10.5. The van der Waals surface area contributed by atoms with Gasteiger partial charge in [0.25, 0.3) is 0 Å². The van der Waals surface area contributed by atoms with Crippen molar-refractivity contribution < 1.29 is 0 Å². The zero-order valence-corrected chi connectivity index (χ0v) is 18.2. The van der Waals surface area contributed by atoms with Crippen LogP contribution in [0.25, 0.3) is 33.5 Å². The number of pyridine rings is 1. The Morgan fingerprint density at radius 2 is 1.91 bits per heavy atom. The first kappa shape index (κ1) is 19.7. The summed E-state index contributed by atoms with van der Waals surface area (Å²) < 4.78 is 4.04. The number of hydrogen-bond acceptors (Lipinski definition) is 4. The Bertz CT molecular complexity index is 1470. The summed E-state index contributed by atoms with van der Waals surface area (Å²) >= 11 is 0. The Morgan fingerprint density at radius 1 is 1.03 bits per heavy atom. The van der Waals surface area contributed by atoms with Gasteiger partial charge in [-0.25, -0.2) is 9.67 Å². The van der Waals surface area contributed by atoms with Crippen LogP contribution < -0.4 is 0 Å². The summed E-state index contributed by atoms with van der Waals surface area (Å²) in [5, 5.41) is 15.3. The Balaban J connectivity index is 1.72. The summed E-state index contributed by atoms with van der Waals surface area (Å²) in [6, 6.07) is 18.1. The van der Waals surface area contributed by atoms with Crippen LogP contribution in [0.3, 0.4) is 0 Å². The maximum absolute atomic E-state index is 9.23. The third kappa shape index (κ3) is 3.25. The van der Waals surface area contributed by atoms with Gasteiger partial charge < -0.3 is 4.57 Å². The maximum atomic E-state index is 9.23. The van der Waals surface area contributed by atoms with Gasteiger partial charge in [0, 0.05) is 29.5 Å². The predicted molar refractivity (Wildman–Crippen MR) is 125 cm³/mol. The van der Waals surface area contributed by atoms with Crippen molar-refractivity contribution in [2.75, 3.05) is 0 Å². The molecule has 0 radical (unpaired) electrons. The molecule has 0 saturated carbocycles. The number of imidazole rings is 1. The first-order valence-corrected chi connectivity index (χ1v) is 10.5. The molecule has 3 heterocycles. The number of fused-ring (bicyclic) bond motifs is 1. The molecule has 5 rings (SSSR count). The average Bonchev–Trinajstić information content (AvgIpc) is 3.45. The van der Waals surface area contributed by atoms with E-state index in [-0.39, 0.29) is 5.92 Å². The van der Waals surface area contributed by atoms with Gasteiger partial charge in [0.05, 0.1) is 46.2 Å². The molecule has 2 aromatic carbocycles. The van der Waals surface area contributed by atoms with Crippen LogP contribution in [0.15, 0.2) is 73.4 Å². The molecule has 0 unspecified atom stereocenters. The molecular weight excluding hydrogens is 396 g/mol. The number of aryl methyl sites for hydroxylation is 1. The Kier molecular flexibility index (Phi) is 4.79. The number of benzene rings is 2. The molecule has 3 aromatic heterocycles. The molecule has 0 aliphatic heterocycles. The zero-order valence-electron chi connectivity index (χ0n) is 18.2. The van der Waals surface area contributed by atoms with Crippen LogP contribution in [0.5, 0.6) is 0 Å². The lowest BCUT2D eigenvalue weighted by Gasteiger charge is -2.09. The molecule has 32 heavy (non-hydrogen) atoms. The Morgan fingerprint density at radius 3 is 2.62 bits per heavy atom. The highest BCUT2D eigenvalue weighted by molar-refractivity contribution is 5.92. The molecule has 0 aliphatic rings. The maximum Gasteiger partial charge on any atom is 0.0999 e. The van der Waals surface area contributed by atoms with E-state index in [1.54, 1.807) is 6.20 Å². The topological polar surface area (TPSA) is 72.3 Å². The first-order chi connectivity index (χ1) is 15.6. The summed E-state index contributed by atoms with van der Waals surface area (Å²) in [7, 11) is 0. The number of nitrogens with zero attached hydrogens (tertiary/aromatic N) is 6. The van der Waals surface area contributed by atoms with Gasteiger partial charge in [-0.15, -0.1) is 0 Å². The number of hydrogen-bond donors (Lipinski definition) is 0. The standard InChI is InChI=1S/C26H22N6/c1-17(2)26-25-23(31-15-21(29-16-31)20-6-5-11-28-14-20)7-4-8-24(25)32(30-26)22-10-9-19(13-27)12-18(22)3/h4-12,14-17H,1-3H3. The molecule has 0 amide bonds. The van der Waals surface area contributed by atoms with Gasteiger partial charge in [0.1, 0.15) is 0 Å². The highest BCUT2D eigenvalue weighted by Crippen LogP contribution is 2.33. The van der Waals surface area contributed by atoms with Crippen LogP contribution in [0.4, 0.5) is 0 Å². The van der Waals surface area contributed by atoms with Crippen LogP contribution in [0.1, 0.15) is 36.6 Å². The zero-order chi connectivity index (χ0) is 22.2. The number of rotatable bonds is 4. The lowest BCUT2D eigenvalue weighted by Crippen LogP contribution is -2.00. The van der Waals surface area contributed by atoms with E-state index in [0.717, 1.165) is 44.8 Å². The van der Waals surface area contributed by atoms with Crippen molar-refractivity contribution in [3.05, 3.63) is 90.3 Å². The van der Waals surface area contributed by atoms with E-state index in [9.17, 15) is 5.26 Å². The molecule has 6 heteroatoms. The third-order valence-electron chi connectivity index (χ3n) is 5.63. The van der Waals surface area contributed by atoms with Crippen molar-refractivity contribution in [2.45, 2.75) is 26.7 Å². The fourth-order valence-electron chi connectivity index (χ4n) is 4.06. The molecule has 0 fully saturated rings. The minimum absolute atomic E-state index is 0.236. The van der Waals surface area contributed by atoms with Gasteiger partial charge in [-0.3, -0.25) is 4.98 Å². The summed E-state index contributed by atoms with van der Waals surface area (Å²) in [4.78, 5) is 8.81. The van der Waals surface area contributed by atoms with Crippen molar-refractivity contribution in [1.29, 1.82) is 5.26 Å². The normalized spacial score (nSPS) is 11.2. The van der Waals surface area contributed by atoms with Gasteiger partial charge in [-0.1, -0.05) is 19.9 Å². The van der Waals surface area contributed by atoms with Crippen LogP contribution in [-0.4, -0.2) is 24.3 Å². The van der Waals surface area contributed by atoms with Gasteiger partial charge in [-0.05, 0) is 60.9 Å². The molecule has 6 nitrogen and oxygen atoms in total. The molecule has 0 atom stereocenters. The van der Waals surface area contributed by atoms with E-state index in [4.69, 9.17) is 5.10 Å². The van der Waals surface area contributed by atoms with E-state index in [0.29, 0.717) is 5.56 Å². The summed E-state index contributed by atoms with van der Waals surface area (Å²) in [6.07, 6.45) is 7.44. The minimum Gasteiger partial charge on any atom is -0.305 e. The van der Waals surface area contributed by atoms with Crippen molar-refractivity contribution >= 4 is 10.9 Å². The number of aromatic nitrogens is 5. The molecule has 0 bridgehead atoms. The molecule has 0 spiro atoms. The van der Waals surface area contributed by atoms with Crippen molar-refractivity contribution in [2.24, 2.45) is 0 Å². The van der Waals surface area contributed by atoms with Gasteiger partial charge in [0.2, 0.25) is 0 Å². The summed E-state index contributed by atoms with van der Waals surface area (Å²) in [6.45, 7) is 6.33. The van der Waals surface area contributed by atoms with Crippen LogP contribution in [0.2, 0.25) is 0 Å². The highest BCUT2D eigenvalue weighted by atomic mass is 15.3. The average molecular weight is 419 g/mol. The lowest BCUT2D eigenvalue weighted by atomic mass is 10.0. The van der Waals surface area contributed by atoms with E-state index >= 15 is 0 Å². The third-order valence-corrected chi connectivity index (χ3v) is 5.63. The highest BCUT2D eigenvalue weighted by Gasteiger charge is 2.19. The fraction of sp³-hybridized carbons (Fsp3) is 0.154. The molecule has 156 valence electrons. The van der Waals surface area contributed by atoms with Crippen LogP contribution in [0, 0.1) is 18.3 Å². The smallest absolute Gasteiger partial charge is 0.0999 e. The van der Waals surface area contributed by atoms with E-state index in [1.807, 2.05) is 71.3 Å². The quantitative estimate of drug-likeness (QED) is 0.382. The van der Waals surface area contributed by atoms with Gasteiger partial charge >= 0.3 is 0 Å². The Hall–Kier alpha value is -4.24. The Labute approximate surface area is 186 Å². The second-order valence-electron chi connectivity index (χ2n) is 8.14. The monoisotopic (exact) mass is 418 g/mol. The van der Waals surface area contributed by atoms with Crippen LogP contribution in [-0.2, 0) is 0 Å². The molecule has 0 aliphatic carbocycles. The molecule has 5 aromatic rings. The van der Waals surface area contributed by atoms with E-state index in [1.165, 1.54) is 0 Å². The van der Waals surface area contributed by atoms with E-state index in [2.05, 4.69) is 42.0 Å². The largest absolute Gasteiger partial charge is 0.305 e. The van der Waals surface area contributed by atoms with Gasteiger partial charge in [-0.2, -0.15) is 10.4 Å². The molecule has 0 saturated heterocycles. The molecule has 0 N–H and O–H groups in total. The van der Waals surface area contributed by atoms with Crippen LogP contribution >= 0.6 is 0 Å². The SMILES string of the molecule is Cc1cc(C#N)ccc1-n1nc(C(C)C)c2c(-n3cnc(-c4cccnc4)c3)cccc21. The van der Waals surface area contributed by atoms with Gasteiger partial charge in [0.15, 0.2) is 0 Å².